The van der Waals surface area contributed by atoms with Crippen LogP contribution in [0.5, 0.6) is 0 Å². The monoisotopic (exact) mass is 329 g/mol. The van der Waals surface area contributed by atoms with Crippen molar-refractivity contribution in [2.24, 2.45) is 0 Å². The zero-order valence-electron chi connectivity index (χ0n) is 10.5. The van der Waals surface area contributed by atoms with Crippen LogP contribution in [0.3, 0.4) is 0 Å². The van der Waals surface area contributed by atoms with E-state index in [4.69, 9.17) is 5.73 Å². The molecule has 4 N–H and O–H groups in total. The maximum absolute atomic E-state index is 13.2. The Morgan fingerprint density at radius 1 is 1.47 bits per heavy atom. The molecular weight excluding hydrogens is 313 g/mol. The van der Waals surface area contributed by atoms with E-state index in [0.29, 0.717) is 41.3 Å². The molecule has 0 aromatic heterocycles. The Morgan fingerprint density at radius 3 is 2.89 bits per heavy atom. The Labute approximate surface area is 120 Å². The van der Waals surface area contributed by atoms with E-state index in [2.05, 4.69) is 26.6 Å². The van der Waals surface area contributed by atoms with Crippen LogP contribution in [0.25, 0.3) is 0 Å². The van der Waals surface area contributed by atoms with Crippen molar-refractivity contribution in [1.29, 1.82) is 0 Å². The summed E-state index contributed by atoms with van der Waals surface area (Å²) >= 11 is 3.11. The van der Waals surface area contributed by atoms with Gasteiger partial charge in [-0.15, -0.1) is 0 Å². The first-order valence-electron chi connectivity index (χ1n) is 6.34. The predicted octanol–water partition coefficient (Wildman–Crippen LogP) is 2.64. The third-order valence-corrected chi connectivity index (χ3v) is 3.54. The summed E-state index contributed by atoms with van der Waals surface area (Å²) in [6.45, 7) is 0.625. The van der Waals surface area contributed by atoms with E-state index in [1.807, 2.05) is 0 Å². The molecule has 0 bridgehead atoms. The summed E-state index contributed by atoms with van der Waals surface area (Å²) in [5.74, 6) is -0.288. The number of carbonyl (C=O) groups is 1. The molecule has 2 rings (SSSR count). The summed E-state index contributed by atoms with van der Waals surface area (Å²) in [5.41, 5.74) is 6.74. The van der Waals surface area contributed by atoms with Gasteiger partial charge in [-0.1, -0.05) is 0 Å². The Kier molecular flexibility index (Phi) is 4.63. The predicted molar refractivity (Wildman–Crippen MR) is 77.4 cm³/mol. The fourth-order valence-corrected chi connectivity index (χ4v) is 2.06. The summed E-state index contributed by atoms with van der Waals surface area (Å²) < 4.78 is 13.5. The number of hydrogen-bond donors (Lipinski definition) is 3. The zero-order valence-corrected chi connectivity index (χ0v) is 12.1. The number of hydrogen-bond acceptors (Lipinski definition) is 3. The Bertz CT molecular complexity index is 477. The van der Waals surface area contributed by atoms with Gasteiger partial charge in [-0.25, -0.2) is 4.39 Å². The molecule has 0 spiro atoms. The lowest BCUT2D eigenvalue weighted by Crippen LogP contribution is -2.25. The van der Waals surface area contributed by atoms with E-state index in [1.54, 1.807) is 6.07 Å². The first kappa shape index (κ1) is 14.1. The highest BCUT2D eigenvalue weighted by atomic mass is 79.9. The van der Waals surface area contributed by atoms with Crippen LogP contribution in [0.1, 0.15) is 25.7 Å². The van der Waals surface area contributed by atoms with Crippen LogP contribution in [0.4, 0.5) is 15.8 Å². The zero-order chi connectivity index (χ0) is 13.8. The van der Waals surface area contributed by atoms with Crippen molar-refractivity contribution in [3.8, 4) is 0 Å². The molecule has 0 radical (unpaired) electrons. The summed E-state index contributed by atoms with van der Waals surface area (Å²) in [6, 6.07) is 3.28. The largest absolute Gasteiger partial charge is 0.397 e. The van der Waals surface area contributed by atoms with Gasteiger partial charge in [0.2, 0.25) is 5.91 Å². The number of carbonyl (C=O) groups excluding carboxylic acids is 1. The first-order valence-corrected chi connectivity index (χ1v) is 7.13. The Hall–Kier alpha value is -1.30. The van der Waals surface area contributed by atoms with Crippen molar-refractivity contribution in [1.82, 2.24) is 5.32 Å². The van der Waals surface area contributed by atoms with Gasteiger partial charge in [-0.3, -0.25) is 4.79 Å². The van der Waals surface area contributed by atoms with E-state index in [0.717, 1.165) is 12.8 Å². The molecule has 1 aromatic rings. The van der Waals surface area contributed by atoms with Crippen LogP contribution < -0.4 is 16.4 Å². The van der Waals surface area contributed by atoms with Gasteiger partial charge in [0.1, 0.15) is 5.82 Å². The number of nitrogens with one attached hydrogen (secondary N) is 2. The maximum Gasteiger partial charge on any atom is 0.220 e. The van der Waals surface area contributed by atoms with Gasteiger partial charge in [0.15, 0.2) is 0 Å². The molecule has 0 unspecified atom stereocenters. The van der Waals surface area contributed by atoms with Crippen LogP contribution in [0, 0.1) is 5.82 Å². The first-order chi connectivity index (χ1) is 9.06. The molecular formula is C13H17BrFN3O. The minimum Gasteiger partial charge on any atom is -0.397 e. The van der Waals surface area contributed by atoms with Crippen LogP contribution in [-0.2, 0) is 4.79 Å². The molecule has 0 heterocycles. The fraction of sp³-hybridized carbons (Fsp3) is 0.462. The second-order valence-electron chi connectivity index (χ2n) is 4.73. The Balaban J connectivity index is 1.72. The molecule has 0 aliphatic heterocycles. The summed E-state index contributed by atoms with van der Waals surface area (Å²) in [6.07, 6.45) is 3.41. The van der Waals surface area contributed by atoms with Crippen molar-refractivity contribution < 1.29 is 9.18 Å². The second-order valence-corrected chi connectivity index (χ2v) is 5.58. The van der Waals surface area contributed by atoms with Crippen molar-refractivity contribution in [3.05, 3.63) is 22.4 Å². The van der Waals surface area contributed by atoms with Crippen LogP contribution >= 0.6 is 15.9 Å². The minimum atomic E-state index is -0.383. The SMILES string of the molecule is Nc1cc(F)c(Br)cc1NCCCC(=O)NC1CC1. The minimum absolute atomic E-state index is 0.0950. The van der Waals surface area contributed by atoms with E-state index in [1.165, 1.54) is 6.07 Å². The molecule has 1 saturated carbocycles. The Morgan fingerprint density at radius 2 is 2.21 bits per heavy atom. The normalized spacial score (nSPS) is 14.2. The van der Waals surface area contributed by atoms with Gasteiger partial charge in [0.25, 0.3) is 0 Å². The van der Waals surface area contributed by atoms with E-state index in [9.17, 15) is 9.18 Å². The lowest BCUT2D eigenvalue weighted by Gasteiger charge is -2.10. The van der Waals surface area contributed by atoms with Crippen LogP contribution in [-0.4, -0.2) is 18.5 Å². The molecule has 0 saturated heterocycles. The van der Waals surface area contributed by atoms with Gasteiger partial charge < -0.3 is 16.4 Å². The number of amides is 1. The highest BCUT2D eigenvalue weighted by Crippen LogP contribution is 2.26. The molecule has 1 aromatic carbocycles. The fourth-order valence-electron chi connectivity index (χ4n) is 1.71. The highest BCUT2D eigenvalue weighted by Gasteiger charge is 2.22. The number of nitrogen functional groups attached to an aromatic ring is 1. The van der Waals surface area contributed by atoms with Gasteiger partial charge in [0, 0.05) is 25.1 Å². The van der Waals surface area contributed by atoms with Crippen molar-refractivity contribution in [2.75, 3.05) is 17.6 Å². The lowest BCUT2D eigenvalue weighted by molar-refractivity contribution is -0.121. The van der Waals surface area contributed by atoms with Crippen molar-refractivity contribution in [3.63, 3.8) is 0 Å². The molecule has 19 heavy (non-hydrogen) atoms. The third-order valence-electron chi connectivity index (χ3n) is 2.93. The second kappa shape index (κ2) is 6.23. The highest BCUT2D eigenvalue weighted by molar-refractivity contribution is 9.10. The average Bonchev–Trinajstić information content (AvgIpc) is 3.14. The average molecular weight is 330 g/mol. The molecule has 6 heteroatoms. The summed E-state index contributed by atoms with van der Waals surface area (Å²) in [7, 11) is 0. The van der Waals surface area contributed by atoms with Crippen LogP contribution in [0.15, 0.2) is 16.6 Å². The molecule has 0 atom stereocenters. The van der Waals surface area contributed by atoms with E-state index in [-0.39, 0.29) is 11.7 Å². The van der Waals surface area contributed by atoms with Gasteiger partial charge in [-0.05, 0) is 41.3 Å². The number of rotatable bonds is 6. The van der Waals surface area contributed by atoms with Crippen LogP contribution in [0.2, 0.25) is 0 Å². The molecule has 4 nitrogen and oxygen atoms in total. The van der Waals surface area contributed by atoms with Crippen molar-refractivity contribution in [2.45, 2.75) is 31.7 Å². The number of halogens is 2. The summed E-state index contributed by atoms with van der Waals surface area (Å²) in [5, 5.41) is 6.04. The smallest absolute Gasteiger partial charge is 0.220 e. The quantitative estimate of drug-likeness (QED) is 0.555. The maximum atomic E-state index is 13.2. The number of anilines is 2. The van der Waals surface area contributed by atoms with Gasteiger partial charge in [0.05, 0.1) is 15.8 Å². The molecule has 1 fully saturated rings. The lowest BCUT2D eigenvalue weighted by atomic mass is 10.2. The van der Waals surface area contributed by atoms with E-state index >= 15 is 0 Å². The molecule has 1 aliphatic rings. The molecule has 1 amide bonds. The standard InChI is InChI=1S/C13H17BrFN3O/c14-9-6-12(11(16)7-10(9)15)17-5-1-2-13(19)18-8-3-4-8/h6-8,17H,1-5,16H2,(H,18,19). The van der Waals surface area contributed by atoms with E-state index < -0.39 is 0 Å². The topological polar surface area (TPSA) is 67.1 Å². The third kappa shape index (κ3) is 4.38. The van der Waals surface area contributed by atoms with Gasteiger partial charge >= 0.3 is 0 Å². The number of nitrogens with two attached hydrogens (primary N) is 1. The number of benzene rings is 1. The van der Waals surface area contributed by atoms with Gasteiger partial charge in [-0.2, -0.15) is 0 Å². The molecule has 1 aliphatic carbocycles. The van der Waals surface area contributed by atoms with Crippen molar-refractivity contribution >= 4 is 33.2 Å². The summed E-state index contributed by atoms with van der Waals surface area (Å²) in [4.78, 5) is 11.4. The molecule has 104 valence electrons.